The third-order valence-electron chi connectivity index (χ3n) is 1.62. The molecular formula is C7H5F2N3O3S. The molecule has 1 aromatic heterocycles. The maximum atomic E-state index is 12.3. The third-order valence-corrected chi connectivity index (χ3v) is 2.54. The van der Waals surface area contributed by atoms with E-state index in [1.165, 1.54) is 6.07 Å². The van der Waals surface area contributed by atoms with Gasteiger partial charge in [-0.25, -0.2) is 27.3 Å². The first-order valence-corrected chi connectivity index (χ1v) is 5.27. The topological polar surface area (TPSA) is 117 Å². The second-order valence-electron chi connectivity index (χ2n) is 2.70. The summed E-state index contributed by atoms with van der Waals surface area (Å²) in [5.74, 6) is -1.03. The van der Waals surface area contributed by atoms with E-state index in [2.05, 4.69) is 4.98 Å². The zero-order valence-corrected chi connectivity index (χ0v) is 8.37. The number of pyridine rings is 1. The van der Waals surface area contributed by atoms with Gasteiger partial charge in [0.15, 0.2) is 5.69 Å². The number of rotatable bonds is 2. The predicted octanol–water partition coefficient (Wildman–Crippen LogP) is 0.244. The van der Waals surface area contributed by atoms with Gasteiger partial charge < -0.3 is 5.11 Å². The van der Waals surface area contributed by atoms with Crippen LogP contribution in [0.5, 0.6) is 5.75 Å². The van der Waals surface area contributed by atoms with Gasteiger partial charge in [-0.05, 0) is 0 Å². The van der Waals surface area contributed by atoms with Gasteiger partial charge in [0.2, 0.25) is 10.0 Å². The normalized spacial score (nSPS) is 11.4. The lowest BCUT2D eigenvalue weighted by atomic mass is 10.3. The molecule has 0 radical (unpaired) electrons. The van der Waals surface area contributed by atoms with Crippen molar-refractivity contribution in [3.63, 3.8) is 0 Å². The molecule has 0 bridgehead atoms. The fourth-order valence-corrected chi connectivity index (χ4v) is 1.59. The Morgan fingerprint density at radius 1 is 1.56 bits per heavy atom. The van der Waals surface area contributed by atoms with Gasteiger partial charge in [-0.3, -0.25) is 0 Å². The van der Waals surface area contributed by atoms with Crippen LogP contribution < -0.4 is 5.14 Å². The van der Waals surface area contributed by atoms with Gasteiger partial charge >= 0.3 is 0 Å². The van der Waals surface area contributed by atoms with E-state index in [0.717, 1.165) is 0 Å². The highest BCUT2D eigenvalue weighted by atomic mass is 32.2. The van der Waals surface area contributed by atoms with Crippen molar-refractivity contribution in [1.29, 1.82) is 5.26 Å². The summed E-state index contributed by atoms with van der Waals surface area (Å²) in [5.41, 5.74) is -1.85. The molecule has 0 aliphatic rings. The Labute approximate surface area is 89.0 Å². The summed E-state index contributed by atoms with van der Waals surface area (Å²) in [6.07, 6.45) is -3.12. The van der Waals surface area contributed by atoms with Crippen molar-refractivity contribution in [2.45, 2.75) is 11.3 Å². The summed E-state index contributed by atoms with van der Waals surface area (Å²) in [6.45, 7) is 0. The van der Waals surface area contributed by atoms with Crippen LogP contribution >= 0.6 is 0 Å². The Balaban J connectivity index is 3.59. The first kappa shape index (κ1) is 12.3. The van der Waals surface area contributed by atoms with Crippen molar-refractivity contribution in [3.05, 3.63) is 17.5 Å². The fraction of sp³-hybridized carbons (Fsp3) is 0.143. The molecule has 0 amide bonds. The molecule has 0 saturated heterocycles. The van der Waals surface area contributed by atoms with Crippen LogP contribution in [0.3, 0.4) is 0 Å². The summed E-state index contributed by atoms with van der Waals surface area (Å²) < 4.78 is 46.4. The summed E-state index contributed by atoms with van der Waals surface area (Å²) >= 11 is 0. The number of aromatic nitrogens is 1. The summed E-state index contributed by atoms with van der Waals surface area (Å²) in [4.78, 5) is 2.24. The lowest BCUT2D eigenvalue weighted by molar-refractivity contribution is 0.141. The van der Waals surface area contributed by atoms with E-state index in [1.54, 1.807) is 0 Å². The van der Waals surface area contributed by atoms with E-state index in [9.17, 15) is 17.2 Å². The van der Waals surface area contributed by atoms with Crippen molar-refractivity contribution < 1.29 is 22.3 Å². The van der Waals surface area contributed by atoms with Crippen LogP contribution in [0.4, 0.5) is 8.78 Å². The van der Waals surface area contributed by atoms with Crippen LogP contribution in [0.1, 0.15) is 17.8 Å². The van der Waals surface area contributed by atoms with Crippen LogP contribution in [0, 0.1) is 11.3 Å². The first-order chi connectivity index (χ1) is 7.27. The van der Waals surface area contributed by atoms with E-state index in [1.807, 2.05) is 0 Å². The second-order valence-corrected chi connectivity index (χ2v) is 4.23. The molecule has 16 heavy (non-hydrogen) atoms. The van der Waals surface area contributed by atoms with Gasteiger partial charge in [-0.15, -0.1) is 0 Å². The third kappa shape index (κ3) is 2.23. The molecule has 1 rings (SSSR count). The number of primary sulfonamides is 1. The van der Waals surface area contributed by atoms with Gasteiger partial charge in [-0.1, -0.05) is 0 Å². The molecule has 9 heteroatoms. The number of nitrogens with zero attached hydrogens (tertiary/aromatic N) is 2. The number of aromatic hydroxyl groups is 1. The van der Waals surface area contributed by atoms with Crippen LogP contribution in [0.15, 0.2) is 11.0 Å². The Morgan fingerprint density at radius 2 is 2.12 bits per heavy atom. The molecule has 1 aromatic rings. The standard InChI is InChI=1S/C7H5F2N3O3S/c8-7(9)6-4(13)1-5(16(11,14)15)3(2-10)12-6/h1,7,13H,(H2,11,14,15). The number of hydrogen-bond acceptors (Lipinski definition) is 5. The molecule has 86 valence electrons. The minimum Gasteiger partial charge on any atom is -0.506 e. The quantitative estimate of drug-likeness (QED) is 0.778. The van der Waals surface area contributed by atoms with Gasteiger partial charge in [0, 0.05) is 6.07 Å². The molecule has 0 spiro atoms. The highest BCUT2D eigenvalue weighted by Crippen LogP contribution is 2.29. The molecule has 3 N–H and O–H groups in total. The minimum atomic E-state index is -4.30. The largest absolute Gasteiger partial charge is 0.506 e. The van der Waals surface area contributed by atoms with E-state index in [4.69, 9.17) is 15.5 Å². The summed E-state index contributed by atoms with van der Waals surface area (Å²) in [5, 5.41) is 22.3. The zero-order valence-electron chi connectivity index (χ0n) is 7.55. The molecule has 1 heterocycles. The Morgan fingerprint density at radius 3 is 2.50 bits per heavy atom. The van der Waals surface area contributed by atoms with Crippen molar-refractivity contribution >= 4 is 10.0 Å². The number of nitrogens with two attached hydrogens (primary N) is 1. The van der Waals surface area contributed by atoms with Crippen molar-refractivity contribution in [1.82, 2.24) is 4.98 Å². The summed E-state index contributed by atoms with van der Waals surface area (Å²) in [6, 6.07) is 1.78. The average molecular weight is 249 g/mol. The molecule has 0 unspecified atom stereocenters. The smallest absolute Gasteiger partial charge is 0.284 e. The number of nitriles is 1. The molecule has 6 nitrogen and oxygen atoms in total. The molecule has 0 aliphatic heterocycles. The monoisotopic (exact) mass is 249 g/mol. The predicted molar refractivity (Wildman–Crippen MR) is 46.9 cm³/mol. The van der Waals surface area contributed by atoms with Gasteiger partial charge in [0.1, 0.15) is 22.4 Å². The number of hydrogen-bond donors (Lipinski definition) is 2. The Kier molecular flexibility index (Phi) is 3.06. The van der Waals surface area contributed by atoms with Gasteiger partial charge in [0.25, 0.3) is 6.43 Å². The molecule has 0 aliphatic carbocycles. The number of alkyl halides is 2. The summed E-state index contributed by atoms with van der Waals surface area (Å²) in [7, 11) is -4.30. The van der Waals surface area contributed by atoms with E-state index < -0.39 is 38.5 Å². The van der Waals surface area contributed by atoms with Crippen LogP contribution in [0.25, 0.3) is 0 Å². The number of halogens is 2. The van der Waals surface area contributed by atoms with Crippen molar-refractivity contribution in [3.8, 4) is 11.8 Å². The maximum Gasteiger partial charge on any atom is 0.284 e. The lowest BCUT2D eigenvalue weighted by Gasteiger charge is -2.06. The maximum absolute atomic E-state index is 12.3. The molecule has 0 saturated carbocycles. The SMILES string of the molecule is N#Cc1nc(C(F)F)c(O)cc1S(N)(=O)=O. The molecule has 0 atom stereocenters. The van der Waals surface area contributed by atoms with Crippen LogP contribution in [-0.2, 0) is 10.0 Å². The van der Waals surface area contributed by atoms with Gasteiger partial charge in [0.05, 0.1) is 0 Å². The highest BCUT2D eigenvalue weighted by Gasteiger charge is 2.23. The Bertz CT molecular complexity index is 565. The fourth-order valence-electron chi connectivity index (χ4n) is 0.957. The highest BCUT2D eigenvalue weighted by molar-refractivity contribution is 7.89. The Hall–Kier alpha value is -1.79. The van der Waals surface area contributed by atoms with E-state index in [-0.39, 0.29) is 0 Å². The van der Waals surface area contributed by atoms with Crippen molar-refractivity contribution in [2.75, 3.05) is 0 Å². The zero-order chi connectivity index (χ0) is 12.5. The molecule has 0 aromatic carbocycles. The molecular weight excluding hydrogens is 244 g/mol. The van der Waals surface area contributed by atoms with Crippen LogP contribution in [0.2, 0.25) is 0 Å². The van der Waals surface area contributed by atoms with E-state index >= 15 is 0 Å². The average Bonchev–Trinajstić information content (AvgIpc) is 2.15. The lowest BCUT2D eigenvalue weighted by Crippen LogP contribution is -2.15. The van der Waals surface area contributed by atoms with Crippen molar-refractivity contribution in [2.24, 2.45) is 5.14 Å². The second kappa shape index (κ2) is 3.99. The van der Waals surface area contributed by atoms with Gasteiger partial charge in [-0.2, -0.15) is 5.26 Å². The first-order valence-electron chi connectivity index (χ1n) is 3.72. The van der Waals surface area contributed by atoms with Crippen LogP contribution in [-0.4, -0.2) is 18.5 Å². The minimum absolute atomic E-state index is 0.475. The molecule has 0 fully saturated rings. The van der Waals surface area contributed by atoms with E-state index in [0.29, 0.717) is 6.07 Å². The number of sulfonamides is 1.